The second-order valence-corrected chi connectivity index (χ2v) is 5.55. The van der Waals surface area contributed by atoms with Gasteiger partial charge in [0.2, 0.25) is 0 Å². The average molecular weight is 313 g/mol. The van der Waals surface area contributed by atoms with Gasteiger partial charge in [0.25, 0.3) is 0 Å². The highest BCUT2D eigenvalue weighted by Gasteiger charge is 2.17. The first kappa shape index (κ1) is 13.8. The van der Waals surface area contributed by atoms with Crippen LogP contribution in [0.25, 0.3) is 0 Å². The summed E-state index contributed by atoms with van der Waals surface area (Å²) >= 11 is 3.44. The summed E-state index contributed by atoms with van der Waals surface area (Å²) in [6.45, 7) is 7.25. The van der Waals surface area contributed by atoms with E-state index in [-0.39, 0.29) is 0 Å². The van der Waals surface area contributed by atoms with E-state index in [1.807, 2.05) is 0 Å². The van der Waals surface area contributed by atoms with Gasteiger partial charge in [-0.15, -0.1) is 0 Å². The average Bonchev–Trinajstić information content (AvgIpc) is 2.41. The normalized spacial score (nSPS) is 20.9. The zero-order valence-corrected chi connectivity index (χ0v) is 12.4. The van der Waals surface area contributed by atoms with Crippen molar-refractivity contribution in [1.82, 2.24) is 4.90 Å². The van der Waals surface area contributed by atoms with E-state index in [0.29, 0.717) is 6.10 Å². The fraction of sp³-hybridized carbons (Fsp3) is 0.571. The van der Waals surface area contributed by atoms with Crippen molar-refractivity contribution in [1.29, 1.82) is 0 Å². The first-order valence-corrected chi connectivity index (χ1v) is 7.40. The maximum absolute atomic E-state index is 5.67. The van der Waals surface area contributed by atoms with Crippen molar-refractivity contribution in [2.24, 2.45) is 0 Å². The molecule has 3 nitrogen and oxygen atoms in total. The van der Waals surface area contributed by atoms with Crippen LogP contribution in [0.15, 0.2) is 28.7 Å². The summed E-state index contributed by atoms with van der Waals surface area (Å²) in [5.74, 6) is 0. The molecule has 0 aromatic heterocycles. The Morgan fingerprint density at radius 3 is 2.89 bits per heavy atom. The molecule has 1 atom stereocenters. The number of nitrogens with one attached hydrogen (secondary N) is 1. The lowest BCUT2D eigenvalue weighted by molar-refractivity contribution is -0.0282. The van der Waals surface area contributed by atoms with Crippen molar-refractivity contribution in [2.75, 3.05) is 38.1 Å². The standard InChI is InChI=1S/C14H21BrN2O/c1-2-14-11-17(9-10-18-14)8-7-16-13-5-3-12(15)4-6-13/h3-6,14,16H,2,7-11H2,1H3. The first-order valence-electron chi connectivity index (χ1n) is 6.61. The second kappa shape index (κ2) is 7.12. The van der Waals surface area contributed by atoms with Gasteiger partial charge >= 0.3 is 0 Å². The Kier molecular flexibility index (Phi) is 5.47. The third kappa shape index (κ3) is 4.26. The molecule has 18 heavy (non-hydrogen) atoms. The SMILES string of the molecule is CCC1CN(CCNc2ccc(Br)cc2)CCO1. The van der Waals surface area contributed by atoms with Gasteiger partial charge in [-0.3, -0.25) is 4.90 Å². The molecular weight excluding hydrogens is 292 g/mol. The third-order valence-electron chi connectivity index (χ3n) is 3.28. The van der Waals surface area contributed by atoms with E-state index in [1.54, 1.807) is 0 Å². The minimum atomic E-state index is 0.423. The van der Waals surface area contributed by atoms with Crippen molar-refractivity contribution >= 4 is 21.6 Å². The van der Waals surface area contributed by atoms with E-state index in [9.17, 15) is 0 Å². The molecule has 0 aliphatic carbocycles. The van der Waals surface area contributed by atoms with Gasteiger partial charge in [-0.05, 0) is 30.7 Å². The van der Waals surface area contributed by atoms with E-state index < -0.39 is 0 Å². The van der Waals surface area contributed by atoms with Crippen molar-refractivity contribution < 1.29 is 4.74 Å². The maximum Gasteiger partial charge on any atom is 0.0700 e. The van der Waals surface area contributed by atoms with Crippen LogP contribution in [0, 0.1) is 0 Å². The largest absolute Gasteiger partial charge is 0.384 e. The molecule has 0 spiro atoms. The molecule has 1 aromatic rings. The van der Waals surface area contributed by atoms with Crippen LogP contribution in [0.3, 0.4) is 0 Å². The van der Waals surface area contributed by atoms with E-state index in [2.05, 4.69) is 57.3 Å². The summed E-state index contributed by atoms with van der Waals surface area (Å²) in [4.78, 5) is 2.48. The topological polar surface area (TPSA) is 24.5 Å². The Balaban J connectivity index is 1.70. The van der Waals surface area contributed by atoms with Gasteiger partial charge in [-0.25, -0.2) is 0 Å². The van der Waals surface area contributed by atoms with E-state index in [1.165, 1.54) is 5.69 Å². The number of anilines is 1. The lowest BCUT2D eigenvalue weighted by Crippen LogP contribution is -2.43. The van der Waals surface area contributed by atoms with Crippen LogP contribution in [0.4, 0.5) is 5.69 Å². The Bertz CT molecular complexity index is 355. The molecule has 1 aliphatic heterocycles. The molecule has 2 rings (SSSR count). The number of ether oxygens (including phenoxy) is 1. The predicted molar refractivity (Wildman–Crippen MR) is 79.1 cm³/mol. The summed E-state index contributed by atoms with van der Waals surface area (Å²) in [6, 6.07) is 8.31. The lowest BCUT2D eigenvalue weighted by Gasteiger charge is -2.32. The Morgan fingerprint density at radius 2 is 2.17 bits per heavy atom. The number of halogens is 1. The summed E-state index contributed by atoms with van der Waals surface area (Å²) in [5, 5.41) is 3.45. The fourth-order valence-electron chi connectivity index (χ4n) is 2.16. The minimum absolute atomic E-state index is 0.423. The number of hydrogen-bond donors (Lipinski definition) is 1. The van der Waals surface area contributed by atoms with Gasteiger partial charge in [0.1, 0.15) is 0 Å². The molecule has 0 bridgehead atoms. The Labute approximate surface area is 118 Å². The number of nitrogens with zero attached hydrogens (tertiary/aromatic N) is 1. The predicted octanol–water partition coefficient (Wildman–Crippen LogP) is 2.97. The van der Waals surface area contributed by atoms with Gasteiger partial charge < -0.3 is 10.1 Å². The van der Waals surface area contributed by atoms with Crippen LogP contribution >= 0.6 is 15.9 Å². The summed E-state index contributed by atoms with van der Waals surface area (Å²) in [7, 11) is 0. The smallest absolute Gasteiger partial charge is 0.0700 e. The van der Waals surface area contributed by atoms with Crippen LogP contribution < -0.4 is 5.32 Å². The van der Waals surface area contributed by atoms with E-state index in [0.717, 1.165) is 43.7 Å². The van der Waals surface area contributed by atoms with Crippen LogP contribution in [0.1, 0.15) is 13.3 Å². The van der Waals surface area contributed by atoms with Gasteiger partial charge in [-0.1, -0.05) is 22.9 Å². The number of benzene rings is 1. The highest BCUT2D eigenvalue weighted by Crippen LogP contribution is 2.14. The highest BCUT2D eigenvalue weighted by atomic mass is 79.9. The van der Waals surface area contributed by atoms with Crippen LogP contribution in [0.5, 0.6) is 0 Å². The molecule has 0 radical (unpaired) electrons. The van der Waals surface area contributed by atoms with Crippen molar-refractivity contribution in [2.45, 2.75) is 19.4 Å². The molecule has 1 aromatic carbocycles. The van der Waals surface area contributed by atoms with Gasteiger partial charge in [0.05, 0.1) is 12.7 Å². The molecule has 1 fully saturated rings. The summed E-state index contributed by atoms with van der Waals surface area (Å²) in [6.07, 6.45) is 1.53. The zero-order chi connectivity index (χ0) is 12.8. The molecule has 1 unspecified atom stereocenters. The monoisotopic (exact) mass is 312 g/mol. The van der Waals surface area contributed by atoms with Crippen molar-refractivity contribution in [3.05, 3.63) is 28.7 Å². The van der Waals surface area contributed by atoms with Crippen LogP contribution in [-0.4, -0.2) is 43.8 Å². The first-order chi connectivity index (χ1) is 8.78. The third-order valence-corrected chi connectivity index (χ3v) is 3.81. The molecule has 1 aliphatic rings. The number of rotatable bonds is 5. The van der Waals surface area contributed by atoms with Crippen LogP contribution in [-0.2, 0) is 4.74 Å². The lowest BCUT2D eigenvalue weighted by atomic mass is 10.2. The van der Waals surface area contributed by atoms with Crippen molar-refractivity contribution in [3.8, 4) is 0 Å². The molecule has 1 heterocycles. The quantitative estimate of drug-likeness (QED) is 0.904. The molecule has 0 saturated carbocycles. The summed E-state index contributed by atoms with van der Waals surface area (Å²) in [5.41, 5.74) is 1.18. The molecule has 100 valence electrons. The minimum Gasteiger partial charge on any atom is -0.384 e. The van der Waals surface area contributed by atoms with Crippen molar-refractivity contribution in [3.63, 3.8) is 0 Å². The number of hydrogen-bond acceptors (Lipinski definition) is 3. The number of morpholine rings is 1. The molecule has 1 N–H and O–H groups in total. The molecular formula is C14H21BrN2O. The van der Waals surface area contributed by atoms with Gasteiger partial charge in [0, 0.05) is 36.3 Å². The van der Waals surface area contributed by atoms with E-state index >= 15 is 0 Å². The zero-order valence-electron chi connectivity index (χ0n) is 10.9. The second-order valence-electron chi connectivity index (χ2n) is 4.64. The fourth-order valence-corrected chi connectivity index (χ4v) is 2.42. The van der Waals surface area contributed by atoms with Gasteiger partial charge in [0.15, 0.2) is 0 Å². The maximum atomic E-state index is 5.67. The van der Waals surface area contributed by atoms with Gasteiger partial charge in [-0.2, -0.15) is 0 Å². The molecule has 0 amide bonds. The summed E-state index contributed by atoms with van der Waals surface area (Å²) < 4.78 is 6.79. The molecule has 1 saturated heterocycles. The van der Waals surface area contributed by atoms with Crippen LogP contribution in [0.2, 0.25) is 0 Å². The Hall–Kier alpha value is -0.580. The van der Waals surface area contributed by atoms with E-state index in [4.69, 9.17) is 4.74 Å². The molecule has 4 heteroatoms. The highest BCUT2D eigenvalue weighted by molar-refractivity contribution is 9.10. The Morgan fingerprint density at radius 1 is 1.39 bits per heavy atom.